The molecule has 2 fully saturated rings. The van der Waals surface area contributed by atoms with Crippen LogP contribution < -0.4 is 0 Å². The fourth-order valence-electron chi connectivity index (χ4n) is 3.69. The molecule has 1 amide bonds. The van der Waals surface area contributed by atoms with E-state index in [4.69, 9.17) is 0 Å². The Hall–Kier alpha value is -1.04. The molecule has 2 saturated heterocycles. The molecule has 0 spiro atoms. The van der Waals surface area contributed by atoms with Crippen LogP contribution in [0.4, 0.5) is 0 Å². The number of likely N-dealkylation sites (tertiary alicyclic amines) is 1. The highest BCUT2D eigenvalue weighted by atomic mass is 32.2. The van der Waals surface area contributed by atoms with E-state index in [1.165, 1.54) is 18.4 Å². The number of carbonyl (C=O) groups is 1. The number of hydrogen-bond acceptors (Lipinski definition) is 4. The number of thioether (sulfide) groups is 1. The van der Waals surface area contributed by atoms with Gasteiger partial charge in [-0.25, -0.2) is 0 Å². The van der Waals surface area contributed by atoms with Crippen LogP contribution in [0.15, 0.2) is 30.3 Å². The molecule has 4 nitrogen and oxygen atoms in total. The minimum Gasteiger partial charge on any atom is -0.344 e. The summed E-state index contributed by atoms with van der Waals surface area (Å²) in [4.78, 5) is 19.3. The van der Waals surface area contributed by atoms with Gasteiger partial charge in [0.2, 0.25) is 5.91 Å². The number of hydrogen-bond donors (Lipinski definition) is 0. The van der Waals surface area contributed by atoms with Gasteiger partial charge in [0.25, 0.3) is 0 Å². The van der Waals surface area contributed by atoms with Crippen molar-refractivity contribution in [2.24, 2.45) is 5.92 Å². The Labute approximate surface area is 150 Å². The Morgan fingerprint density at radius 3 is 2.58 bits per heavy atom. The Kier molecular flexibility index (Phi) is 6.19. The highest BCUT2D eigenvalue weighted by Crippen LogP contribution is 2.23. The second-order valence-corrected chi connectivity index (χ2v) is 8.20. The summed E-state index contributed by atoms with van der Waals surface area (Å²) < 4.78 is 0. The predicted octanol–water partition coefficient (Wildman–Crippen LogP) is 2.36. The number of amides is 1. The van der Waals surface area contributed by atoms with Gasteiger partial charge in [-0.3, -0.25) is 14.6 Å². The number of rotatable bonds is 5. The van der Waals surface area contributed by atoms with E-state index in [2.05, 4.69) is 47.2 Å². The lowest BCUT2D eigenvalue weighted by molar-refractivity contribution is -0.134. The Balaban J connectivity index is 1.42. The van der Waals surface area contributed by atoms with Crippen molar-refractivity contribution in [2.45, 2.75) is 25.4 Å². The Morgan fingerprint density at radius 1 is 1.25 bits per heavy atom. The zero-order valence-electron chi connectivity index (χ0n) is 14.9. The van der Waals surface area contributed by atoms with Crippen molar-refractivity contribution in [1.82, 2.24) is 14.7 Å². The number of nitrogens with zero attached hydrogens (tertiary/aromatic N) is 3. The molecule has 2 aliphatic rings. The summed E-state index contributed by atoms with van der Waals surface area (Å²) in [5.41, 5.74) is 1.39. The molecule has 0 unspecified atom stereocenters. The molecule has 132 valence electrons. The molecule has 0 N–H and O–H groups in total. The lowest BCUT2D eigenvalue weighted by atomic mass is 9.95. The highest BCUT2D eigenvalue weighted by molar-refractivity contribution is 7.99. The molecule has 1 aromatic carbocycles. The van der Waals surface area contributed by atoms with Gasteiger partial charge in [-0.1, -0.05) is 30.3 Å². The smallest absolute Gasteiger partial charge is 0.240 e. The molecule has 1 atom stereocenters. The normalized spacial score (nSPS) is 23.5. The molecule has 3 rings (SSSR count). The van der Waals surface area contributed by atoms with Crippen molar-refractivity contribution >= 4 is 17.7 Å². The van der Waals surface area contributed by atoms with Crippen molar-refractivity contribution < 1.29 is 4.79 Å². The zero-order valence-corrected chi connectivity index (χ0v) is 15.7. The van der Waals surface area contributed by atoms with E-state index >= 15 is 0 Å². The minimum atomic E-state index is 0.0816. The van der Waals surface area contributed by atoms with E-state index in [0.29, 0.717) is 11.8 Å². The third-order valence-corrected chi connectivity index (χ3v) is 6.39. The van der Waals surface area contributed by atoms with Crippen LogP contribution in [0.1, 0.15) is 18.4 Å². The third-order valence-electron chi connectivity index (χ3n) is 5.25. The predicted molar refractivity (Wildman–Crippen MR) is 101 cm³/mol. The van der Waals surface area contributed by atoms with Gasteiger partial charge in [-0.05, 0) is 44.5 Å². The molecule has 0 aromatic heterocycles. The highest BCUT2D eigenvalue weighted by Gasteiger charge is 2.31. The number of carbonyl (C=O) groups excluding carboxylic acids is 1. The number of likely N-dealkylation sites (N-methyl/N-ethyl adjacent to an activating group) is 2. The fraction of sp³-hybridized carbons (Fsp3) is 0.632. The molecule has 0 aliphatic carbocycles. The standard InChI is InChI=1S/C19H29N3OS/c1-20(19(23)18-14-24-15-21(18)2)12-17-8-10-22(11-9-17)13-16-6-4-3-5-7-16/h3-7,17-18H,8-15H2,1-2H3/t18-/m0/s1. The van der Waals surface area contributed by atoms with Gasteiger partial charge in [0, 0.05) is 31.8 Å². The van der Waals surface area contributed by atoms with Crippen molar-refractivity contribution in [3.8, 4) is 0 Å². The Bertz CT molecular complexity index is 531. The van der Waals surface area contributed by atoms with Gasteiger partial charge in [0.15, 0.2) is 0 Å². The van der Waals surface area contributed by atoms with Gasteiger partial charge >= 0.3 is 0 Å². The van der Waals surface area contributed by atoms with E-state index < -0.39 is 0 Å². The second-order valence-electron chi connectivity index (χ2n) is 7.20. The maximum absolute atomic E-state index is 12.6. The minimum absolute atomic E-state index is 0.0816. The molecular weight excluding hydrogens is 318 g/mol. The van der Waals surface area contributed by atoms with E-state index in [0.717, 1.165) is 37.8 Å². The summed E-state index contributed by atoms with van der Waals surface area (Å²) >= 11 is 1.86. The van der Waals surface area contributed by atoms with Gasteiger partial charge in [0.1, 0.15) is 0 Å². The molecule has 0 radical (unpaired) electrons. The molecular formula is C19H29N3OS. The van der Waals surface area contributed by atoms with E-state index in [-0.39, 0.29) is 6.04 Å². The van der Waals surface area contributed by atoms with Gasteiger partial charge < -0.3 is 4.90 Å². The summed E-state index contributed by atoms with van der Waals surface area (Å²) in [6.07, 6.45) is 2.39. The van der Waals surface area contributed by atoms with E-state index in [1.54, 1.807) is 0 Å². The SMILES string of the molecule is CN(CC1CCN(Cc2ccccc2)CC1)C(=O)[C@@H]1CSCN1C. The average Bonchev–Trinajstić information content (AvgIpc) is 3.03. The number of piperidine rings is 1. The number of benzene rings is 1. The summed E-state index contributed by atoms with van der Waals surface area (Å²) in [5.74, 6) is 2.86. The van der Waals surface area contributed by atoms with Gasteiger partial charge in [-0.15, -0.1) is 11.8 Å². The second kappa shape index (κ2) is 8.37. The summed E-state index contributed by atoms with van der Waals surface area (Å²) in [6, 6.07) is 10.8. The molecule has 2 aliphatic heterocycles. The van der Waals surface area contributed by atoms with Crippen LogP contribution in [0.5, 0.6) is 0 Å². The van der Waals surface area contributed by atoms with Crippen LogP contribution >= 0.6 is 11.8 Å². The quantitative estimate of drug-likeness (QED) is 0.817. The first-order valence-electron chi connectivity index (χ1n) is 8.92. The zero-order chi connectivity index (χ0) is 16.9. The van der Waals surface area contributed by atoms with Crippen LogP contribution in [0, 0.1) is 5.92 Å². The van der Waals surface area contributed by atoms with E-state index in [1.807, 2.05) is 23.7 Å². The first-order valence-corrected chi connectivity index (χ1v) is 10.1. The van der Waals surface area contributed by atoms with Gasteiger partial charge in [-0.2, -0.15) is 0 Å². The van der Waals surface area contributed by atoms with Crippen molar-refractivity contribution in [3.63, 3.8) is 0 Å². The maximum atomic E-state index is 12.6. The van der Waals surface area contributed by atoms with Crippen LogP contribution in [0.2, 0.25) is 0 Å². The van der Waals surface area contributed by atoms with Crippen LogP contribution in [-0.4, -0.2) is 72.0 Å². The average molecular weight is 348 g/mol. The van der Waals surface area contributed by atoms with Crippen molar-refractivity contribution in [3.05, 3.63) is 35.9 Å². The summed E-state index contributed by atoms with van der Waals surface area (Å²) in [7, 11) is 4.04. The van der Waals surface area contributed by atoms with Crippen molar-refractivity contribution in [1.29, 1.82) is 0 Å². The topological polar surface area (TPSA) is 26.8 Å². The lowest BCUT2D eigenvalue weighted by Gasteiger charge is -2.34. The molecule has 5 heteroatoms. The Morgan fingerprint density at radius 2 is 1.96 bits per heavy atom. The molecule has 1 aromatic rings. The molecule has 0 bridgehead atoms. The molecule has 2 heterocycles. The fourth-order valence-corrected chi connectivity index (χ4v) is 4.88. The summed E-state index contributed by atoms with van der Waals surface area (Å²) in [5, 5.41) is 0. The van der Waals surface area contributed by atoms with Crippen LogP contribution in [-0.2, 0) is 11.3 Å². The lowest BCUT2D eigenvalue weighted by Crippen LogP contribution is -2.46. The first-order chi connectivity index (χ1) is 11.6. The molecule has 24 heavy (non-hydrogen) atoms. The van der Waals surface area contributed by atoms with Gasteiger partial charge in [0.05, 0.1) is 6.04 Å². The van der Waals surface area contributed by atoms with Crippen LogP contribution in [0.3, 0.4) is 0 Å². The van der Waals surface area contributed by atoms with Crippen LogP contribution in [0.25, 0.3) is 0 Å². The van der Waals surface area contributed by atoms with E-state index in [9.17, 15) is 4.79 Å². The van der Waals surface area contributed by atoms with Crippen molar-refractivity contribution in [2.75, 3.05) is 45.4 Å². The first kappa shape index (κ1) is 17.8. The third kappa shape index (κ3) is 4.52. The monoisotopic (exact) mass is 347 g/mol. The maximum Gasteiger partial charge on any atom is 0.240 e. The largest absolute Gasteiger partial charge is 0.344 e. The summed E-state index contributed by atoms with van der Waals surface area (Å²) in [6.45, 7) is 4.24. The molecule has 0 saturated carbocycles.